The Hall–Kier alpha value is -4.28. The minimum Gasteiger partial charge on any atom is -0.392 e. The Morgan fingerprint density at radius 3 is 2.28 bits per heavy atom. The highest BCUT2D eigenvalue weighted by molar-refractivity contribution is 6.33. The van der Waals surface area contributed by atoms with Crippen LogP contribution >= 0.6 is 11.6 Å². The Morgan fingerprint density at radius 1 is 0.897 bits per heavy atom. The average Bonchev–Trinajstić information content (AvgIpc) is 2.89. The fraction of sp³-hybridized carbons (Fsp3) is 0.107. The third kappa shape index (κ3) is 4.73. The summed E-state index contributed by atoms with van der Waals surface area (Å²) < 4.78 is 59.0. The fourth-order valence-electron chi connectivity index (χ4n) is 4.41. The second-order valence-corrected chi connectivity index (χ2v) is 9.33. The molecule has 3 aromatic carbocycles. The molecule has 1 N–H and O–H groups in total. The Labute approximate surface area is 223 Å². The van der Waals surface area contributed by atoms with E-state index in [9.17, 15) is 27.9 Å². The molecule has 5 rings (SSSR count). The molecule has 0 unspecified atom stereocenters. The second kappa shape index (κ2) is 10.1. The highest BCUT2D eigenvalue weighted by Crippen LogP contribution is 2.32. The number of rotatable bonds is 5. The van der Waals surface area contributed by atoms with E-state index in [0.29, 0.717) is 33.4 Å². The van der Waals surface area contributed by atoms with Crippen LogP contribution < -0.4 is 11.2 Å². The van der Waals surface area contributed by atoms with Crippen LogP contribution in [0.15, 0.2) is 70.5 Å². The van der Waals surface area contributed by atoms with Crippen LogP contribution in [-0.4, -0.2) is 19.2 Å². The van der Waals surface area contributed by atoms with Gasteiger partial charge in [0.1, 0.15) is 11.2 Å². The van der Waals surface area contributed by atoms with E-state index in [1.54, 1.807) is 13.0 Å². The number of pyridine rings is 1. The molecule has 0 aliphatic rings. The van der Waals surface area contributed by atoms with Crippen molar-refractivity contribution in [3.05, 3.63) is 127 Å². The van der Waals surface area contributed by atoms with Crippen molar-refractivity contribution in [3.63, 3.8) is 0 Å². The predicted molar refractivity (Wildman–Crippen MR) is 138 cm³/mol. The molecule has 5 aromatic rings. The van der Waals surface area contributed by atoms with Crippen LogP contribution in [-0.2, 0) is 13.2 Å². The largest absolute Gasteiger partial charge is 0.392 e. The number of benzene rings is 3. The lowest BCUT2D eigenvalue weighted by Crippen LogP contribution is -2.39. The Kier molecular flexibility index (Phi) is 6.83. The Morgan fingerprint density at radius 2 is 1.62 bits per heavy atom. The van der Waals surface area contributed by atoms with E-state index >= 15 is 4.39 Å². The van der Waals surface area contributed by atoms with Gasteiger partial charge in [0.25, 0.3) is 5.56 Å². The molecule has 0 amide bonds. The molecule has 0 saturated carbocycles. The zero-order chi connectivity index (χ0) is 28.0. The van der Waals surface area contributed by atoms with Crippen molar-refractivity contribution in [1.82, 2.24) is 14.1 Å². The van der Waals surface area contributed by atoms with Gasteiger partial charge in [0.2, 0.25) is 0 Å². The van der Waals surface area contributed by atoms with Crippen molar-refractivity contribution in [2.24, 2.45) is 0 Å². The number of aryl methyl sites for hydroxylation is 1. The summed E-state index contributed by atoms with van der Waals surface area (Å²) in [5.74, 6) is -5.62. The number of aromatic nitrogens is 3. The van der Waals surface area contributed by atoms with Gasteiger partial charge in [0.05, 0.1) is 30.6 Å². The van der Waals surface area contributed by atoms with Crippen LogP contribution in [0.1, 0.15) is 16.7 Å². The van der Waals surface area contributed by atoms with Gasteiger partial charge in [-0.3, -0.25) is 14.3 Å². The molecular formula is C28H18ClF4N3O3. The number of aliphatic hydroxyl groups excluding tert-OH is 1. The number of nitrogens with zero attached hydrogens (tertiary/aromatic N) is 3. The lowest BCUT2D eigenvalue weighted by Gasteiger charge is -2.17. The van der Waals surface area contributed by atoms with E-state index in [1.807, 2.05) is 0 Å². The normalized spacial score (nSPS) is 11.4. The third-order valence-electron chi connectivity index (χ3n) is 6.23. The summed E-state index contributed by atoms with van der Waals surface area (Å²) in [6, 6.07) is 9.93. The topological polar surface area (TPSA) is 77.1 Å². The molecule has 198 valence electrons. The molecule has 0 fully saturated rings. The summed E-state index contributed by atoms with van der Waals surface area (Å²) in [4.78, 5) is 31.2. The molecule has 0 aliphatic carbocycles. The van der Waals surface area contributed by atoms with E-state index in [4.69, 9.17) is 11.6 Å². The van der Waals surface area contributed by atoms with E-state index < -0.39 is 46.4 Å². The summed E-state index contributed by atoms with van der Waals surface area (Å²) in [5, 5.41) is 9.27. The first kappa shape index (κ1) is 26.3. The number of hydrogen-bond donors (Lipinski definition) is 1. The molecule has 0 spiro atoms. The molecule has 0 bridgehead atoms. The van der Waals surface area contributed by atoms with Crippen molar-refractivity contribution < 1.29 is 22.7 Å². The highest BCUT2D eigenvalue weighted by Gasteiger charge is 2.21. The van der Waals surface area contributed by atoms with Gasteiger partial charge >= 0.3 is 5.69 Å². The van der Waals surface area contributed by atoms with E-state index in [0.717, 1.165) is 10.6 Å². The van der Waals surface area contributed by atoms with Crippen molar-refractivity contribution in [2.45, 2.75) is 20.1 Å². The van der Waals surface area contributed by atoms with E-state index in [2.05, 4.69) is 4.98 Å². The molecule has 6 nitrogen and oxygen atoms in total. The van der Waals surface area contributed by atoms with Gasteiger partial charge in [-0.1, -0.05) is 17.7 Å². The van der Waals surface area contributed by atoms with E-state index in [-0.39, 0.29) is 34.0 Å². The standard InChI is InChI=1S/C28H18ClF4N3O3/c1-14-4-18(11-34-10-14)36-27(38)25-21(30)8-17(19-5-15(13-37)2-3-20(19)29)9-24(25)35(28(36)39)12-16-6-22(31)26(33)23(32)7-16/h2-11,37H,12-13H2,1H3. The summed E-state index contributed by atoms with van der Waals surface area (Å²) >= 11 is 6.33. The van der Waals surface area contributed by atoms with Gasteiger partial charge in [0, 0.05) is 16.8 Å². The highest BCUT2D eigenvalue weighted by atomic mass is 35.5. The number of hydrogen-bond acceptors (Lipinski definition) is 4. The SMILES string of the molecule is Cc1cncc(-n2c(=O)c3c(F)cc(-c4cc(CO)ccc4Cl)cc3n(Cc3cc(F)c(F)c(F)c3)c2=O)c1. The van der Waals surface area contributed by atoms with Crippen molar-refractivity contribution in [2.75, 3.05) is 0 Å². The summed E-state index contributed by atoms with van der Waals surface area (Å²) in [5.41, 5.74) is -0.617. The zero-order valence-corrected chi connectivity index (χ0v) is 20.9. The molecular weight excluding hydrogens is 538 g/mol. The zero-order valence-electron chi connectivity index (χ0n) is 20.2. The smallest absolute Gasteiger partial charge is 0.336 e. The Bertz CT molecular complexity index is 1880. The van der Waals surface area contributed by atoms with Gasteiger partial charge in [-0.25, -0.2) is 26.9 Å². The van der Waals surface area contributed by atoms with E-state index in [1.165, 1.54) is 36.7 Å². The maximum Gasteiger partial charge on any atom is 0.336 e. The third-order valence-corrected chi connectivity index (χ3v) is 6.56. The van der Waals surface area contributed by atoms with Crippen LogP contribution in [0.4, 0.5) is 17.6 Å². The first-order valence-corrected chi connectivity index (χ1v) is 11.9. The van der Waals surface area contributed by atoms with Gasteiger partial charge in [-0.05, 0) is 71.6 Å². The van der Waals surface area contributed by atoms with Crippen molar-refractivity contribution in [3.8, 4) is 16.8 Å². The Balaban J connectivity index is 1.87. The molecule has 0 saturated heterocycles. The maximum atomic E-state index is 15.7. The minimum absolute atomic E-state index is 0.0549. The van der Waals surface area contributed by atoms with Crippen LogP contribution in [0.25, 0.3) is 27.7 Å². The fourth-order valence-corrected chi connectivity index (χ4v) is 4.64. The average molecular weight is 556 g/mol. The minimum atomic E-state index is -1.68. The van der Waals surface area contributed by atoms with Gasteiger partial charge in [-0.15, -0.1) is 0 Å². The molecule has 0 aliphatic heterocycles. The van der Waals surface area contributed by atoms with Crippen molar-refractivity contribution >= 4 is 22.5 Å². The van der Waals surface area contributed by atoms with Gasteiger partial charge in [0.15, 0.2) is 17.5 Å². The molecule has 11 heteroatoms. The second-order valence-electron chi connectivity index (χ2n) is 8.93. The maximum absolute atomic E-state index is 15.7. The number of fused-ring (bicyclic) bond motifs is 1. The summed E-state index contributed by atoms with van der Waals surface area (Å²) in [7, 11) is 0. The molecule has 2 aromatic heterocycles. The van der Waals surface area contributed by atoms with Gasteiger partial charge < -0.3 is 5.11 Å². The lowest BCUT2D eigenvalue weighted by molar-refractivity contribution is 0.282. The van der Waals surface area contributed by atoms with Crippen LogP contribution in [0.3, 0.4) is 0 Å². The number of aliphatic hydroxyl groups is 1. The van der Waals surface area contributed by atoms with Crippen LogP contribution in [0.2, 0.25) is 5.02 Å². The summed E-state index contributed by atoms with van der Waals surface area (Å²) in [6.45, 7) is 0.834. The number of halogens is 5. The van der Waals surface area contributed by atoms with Gasteiger partial charge in [-0.2, -0.15) is 0 Å². The molecule has 0 radical (unpaired) electrons. The quantitative estimate of drug-likeness (QED) is 0.237. The first-order valence-electron chi connectivity index (χ1n) is 11.5. The monoisotopic (exact) mass is 555 g/mol. The summed E-state index contributed by atoms with van der Waals surface area (Å²) in [6.07, 6.45) is 2.74. The molecule has 2 heterocycles. The predicted octanol–water partition coefficient (Wildman–Crippen LogP) is 5.27. The first-order chi connectivity index (χ1) is 18.6. The van der Waals surface area contributed by atoms with Crippen LogP contribution in [0, 0.1) is 30.2 Å². The van der Waals surface area contributed by atoms with Crippen LogP contribution in [0.5, 0.6) is 0 Å². The lowest BCUT2D eigenvalue weighted by atomic mass is 10.0. The molecule has 0 atom stereocenters. The van der Waals surface area contributed by atoms with Crippen molar-refractivity contribution in [1.29, 1.82) is 0 Å². The molecule has 39 heavy (non-hydrogen) atoms.